The summed E-state index contributed by atoms with van der Waals surface area (Å²) in [7, 11) is 2.83. The largest absolute Gasteiger partial charge is 1.00 e. The van der Waals surface area contributed by atoms with Crippen molar-refractivity contribution >= 4 is 12.5 Å². The van der Waals surface area contributed by atoms with Crippen molar-refractivity contribution in [3.8, 4) is 22.6 Å². The number of hydrogen-bond donors (Lipinski definition) is 0. The molecule has 0 unspecified atom stereocenters. The second-order valence-electron chi connectivity index (χ2n) is 7.50. The number of hydroxylamine groups is 2. The van der Waals surface area contributed by atoms with E-state index in [4.69, 9.17) is 14.3 Å². The number of carbonyl (C=O) groups is 2. The number of rotatable bonds is 9. The molecule has 0 heterocycles. The molecule has 3 aromatic carbocycles. The monoisotopic (exact) mass is 470 g/mol. The van der Waals surface area contributed by atoms with Crippen molar-refractivity contribution in [1.82, 2.24) is 5.06 Å². The molecule has 0 saturated heterocycles. The standard InChI is InChI=1S/C26H28N2O5.Na/c1-18-7-5-8-19(2)25(18)22-10-6-9-21(13-22)16-32-23-12-11-20(14-24(23)31-4)15-28(17-29)33-26(30)27-3;/h5-14,17H,15-16H2,1-4H3,(H,27,30);/q;+1/p-1. The van der Waals surface area contributed by atoms with Crippen LogP contribution in [0.3, 0.4) is 0 Å². The van der Waals surface area contributed by atoms with E-state index in [2.05, 4.69) is 49.5 Å². The Morgan fingerprint density at radius 3 is 2.32 bits per heavy atom. The summed E-state index contributed by atoms with van der Waals surface area (Å²) in [6, 6.07) is 19.8. The molecule has 0 aliphatic carbocycles. The number of nitrogens with zero attached hydrogens (tertiary/aromatic N) is 2. The SMILES string of the molecule is C[N-]C(=O)ON(C=O)Cc1ccc(OCc2cccc(-c3c(C)cccc3C)c2)c(OC)c1.[Na+]. The normalized spacial score (nSPS) is 10.0. The molecule has 2 amide bonds. The molecule has 0 fully saturated rings. The van der Waals surface area contributed by atoms with E-state index in [1.807, 2.05) is 12.1 Å². The van der Waals surface area contributed by atoms with Gasteiger partial charge < -0.3 is 19.6 Å². The molecule has 3 rings (SSSR count). The average molecular weight is 471 g/mol. The van der Waals surface area contributed by atoms with E-state index < -0.39 is 6.09 Å². The van der Waals surface area contributed by atoms with Gasteiger partial charge in [-0.2, -0.15) is 5.06 Å². The first-order valence-corrected chi connectivity index (χ1v) is 10.4. The van der Waals surface area contributed by atoms with Gasteiger partial charge >= 0.3 is 29.6 Å². The van der Waals surface area contributed by atoms with Gasteiger partial charge in [-0.1, -0.05) is 42.5 Å². The fourth-order valence-electron chi connectivity index (χ4n) is 3.59. The van der Waals surface area contributed by atoms with Gasteiger partial charge in [-0.3, -0.25) is 9.59 Å². The van der Waals surface area contributed by atoms with Crippen LogP contribution in [0.15, 0.2) is 60.7 Å². The number of aryl methyl sites for hydroxylation is 2. The number of hydrogen-bond acceptors (Lipinski definition) is 5. The van der Waals surface area contributed by atoms with Gasteiger partial charge in [-0.25, -0.2) is 0 Å². The molecular formula is C26H27N2NaO5. The first-order valence-electron chi connectivity index (χ1n) is 10.4. The minimum Gasteiger partial charge on any atom is -0.617 e. The summed E-state index contributed by atoms with van der Waals surface area (Å²) in [6.45, 7) is 4.65. The molecular weight excluding hydrogens is 443 g/mol. The maximum atomic E-state index is 11.3. The Balaban J connectivity index is 0.00000408. The molecule has 0 aliphatic rings. The number of benzene rings is 3. The topological polar surface area (TPSA) is 79.2 Å². The quantitative estimate of drug-likeness (QED) is 0.273. The molecule has 0 bridgehead atoms. The van der Waals surface area contributed by atoms with Crippen LogP contribution in [0.5, 0.6) is 11.5 Å². The maximum absolute atomic E-state index is 11.3. The summed E-state index contributed by atoms with van der Waals surface area (Å²) < 4.78 is 11.5. The predicted molar refractivity (Wildman–Crippen MR) is 126 cm³/mol. The molecule has 7 nitrogen and oxygen atoms in total. The molecule has 0 spiro atoms. The van der Waals surface area contributed by atoms with Gasteiger partial charge in [-0.15, -0.1) is 7.05 Å². The number of carbonyl (C=O) groups excluding carboxylic acids is 2. The molecule has 172 valence electrons. The van der Waals surface area contributed by atoms with Crippen LogP contribution in [0.25, 0.3) is 16.4 Å². The van der Waals surface area contributed by atoms with Gasteiger partial charge in [0.1, 0.15) is 6.61 Å². The second kappa shape index (κ2) is 13.0. The Hall–Kier alpha value is -3.00. The van der Waals surface area contributed by atoms with Crippen molar-refractivity contribution < 1.29 is 53.5 Å². The summed E-state index contributed by atoms with van der Waals surface area (Å²) in [6.07, 6.45) is -0.430. The first kappa shape index (κ1) is 27.2. The molecule has 0 radical (unpaired) electrons. The molecule has 0 aliphatic heterocycles. The fraction of sp³-hybridized carbons (Fsp3) is 0.231. The maximum Gasteiger partial charge on any atom is 1.00 e. The number of amides is 2. The van der Waals surface area contributed by atoms with E-state index in [-0.39, 0.29) is 36.1 Å². The Kier molecular flexibility index (Phi) is 10.4. The van der Waals surface area contributed by atoms with Gasteiger partial charge in [-0.05, 0) is 65.4 Å². The third kappa shape index (κ3) is 7.00. The third-order valence-electron chi connectivity index (χ3n) is 5.15. The van der Waals surface area contributed by atoms with E-state index in [1.165, 1.54) is 23.7 Å². The summed E-state index contributed by atoms with van der Waals surface area (Å²) in [4.78, 5) is 27.3. The zero-order valence-corrected chi connectivity index (χ0v) is 22.2. The minimum absolute atomic E-state index is 0. The smallest absolute Gasteiger partial charge is 0.617 e. The Morgan fingerprint density at radius 1 is 0.971 bits per heavy atom. The third-order valence-corrected chi connectivity index (χ3v) is 5.15. The summed E-state index contributed by atoms with van der Waals surface area (Å²) in [5, 5.41) is 4.21. The van der Waals surface area contributed by atoms with Gasteiger partial charge in [0, 0.05) is 0 Å². The molecule has 0 atom stereocenters. The molecule has 0 aromatic heterocycles. The van der Waals surface area contributed by atoms with Gasteiger partial charge in [0.2, 0.25) is 6.41 Å². The van der Waals surface area contributed by atoms with Crippen LogP contribution in [0.2, 0.25) is 0 Å². The van der Waals surface area contributed by atoms with E-state index >= 15 is 0 Å². The first-order chi connectivity index (χ1) is 15.9. The summed E-state index contributed by atoms with van der Waals surface area (Å²) in [5.74, 6) is 1.08. The van der Waals surface area contributed by atoms with E-state index in [0.717, 1.165) is 16.2 Å². The molecule has 3 aromatic rings. The minimum atomic E-state index is -0.850. The molecule has 0 N–H and O–H groups in total. The van der Waals surface area contributed by atoms with Gasteiger partial charge in [0.25, 0.3) is 6.09 Å². The zero-order chi connectivity index (χ0) is 23.8. The van der Waals surface area contributed by atoms with Crippen molar-refractivity contribution in [2.75, 3.05) is 14.2 Å². The van der Waals surface area contributed by atoms with Crippen LogP contribution in [0.1, 0.15) is 22.3 Å². The van der Waals surface area contributed by atoms with Crippen molar-refractivity contribution in [1.29, 1.82) is 0 Å². The zero-order valence-electron chi connectivity index (χ0n) is 20.2. The number of methoxy groups -OCH3 is 1. The van der Waals surface area contributed by atoms with Gasteiger partial charge in [0.05, 0.1) is 13.7 Å². The summed E-state index contributed by atoms with van der Waals surface area (Å²) >= 11 is 0. The average Bonchev–Trinajstić information content (AvgIpc) is 2.82. The predicted octanol–water partition coefficient (Wildman–Crippen LogP) is 2.58. The second-order valence-corrected chi connectivity index (χ2v) is 7.50. The van der Waals surface area contributed by atoms with Crippen molar-refractivity contribution in [3.05, 3.63) is 88.2 Å². The van der Waals surface area contributed by atoms with E-state index in [0.29, 0.717) is 30.1 Å². The van der Waals surface area contributed by atoms with Crippen LogP contribution in [0.4, 0.5) is 4.79 Å². The van der Waals surface area contributed by atoms with Crippen molar-refractivity contribution in [2.45, 2.75) is 27.0 Å². The molecule has 0 saturated carbocycles. The van der Waals surface area contributed by atoms with Crippen molar-refractivity contribution in [3.63, 3.8) is 0 Å². The van der Waals surface area contributed by atoms with E-state index in [9.17, 15) is 9.59 Å². The number of ether oxygens (including phenoxy) is 2. The van der Waals surface area contributed by atoms with Crippen LogP contribution >= 0.6 is 0 Å². The Bertz CT molecular complexity index is 1120. The van der Waals surface area contributed by atoms with Gasteiger partial charge in [0.15, 0.2) is 11.5 Å². The Morgan fingerprint density at radius 2 is 1.68 bits per heavy atom. The van der Waals surface area contributed by atoms with E-state index in [1.54, 1.807) is 25.3 Å². The van der Waals surface area contributed by atoms with Crippen molar-refractivity contribution in [2.24, 2.45) is 0 Å². The molecule has 34 heavy (non-hydrogen) atoms. The van der Waals surface area contributed by atoms with Crippen LogP contribution in [0, 0.1) is 13.8 Å². The fourth-order valence-corrected chi connectivity index (χ4v) is 3.59. The summed E-state index contributed by atoms with van der Waals surface area (Å²) in [5.41, 5.74) is 6.57. The Labute approximate surface area is 222 Å². The van der Waals surface area contributed by atoms with Crippen LogP contribution < -0.4 is 39.0 Å². The molecule has 8 heteroatoms. The van der Waals surface area contributed by atoms with Crippen LogP contribution in [-0.4, -0.2) is 31.7 Å². The van der Waals surface area contributed by atoms with Crippen LogP contribution in [-0.2, 0) is 22.8 Å².